The number of hydrogen-bond acceptors (Lipinski definition) is 4. The molecule has 3 rings (SSSR count). The van der Waals surface area contributed by atoms with Crippen molar-refractivity contribution in [2.24, 2.45) is 5.73 Å². The topological polar surface area (TPSA) is 72.2 Å². The van der Waals surface area contributed by atoms with Crippen molar-refractivity contribution in [1.82, 2.24) is 0 Å². The second kappa shape index (κ2) is 7.72. The molecule has 0 saturated carbocycles. The largest absolute Gasteiger partial charge is 0.365 e. The van der Waals surface area contributed by atoms with Gasteiger partial charge in [0.2, 0.25) is 5.91 Å². The first-order chi connectivity index (χ1) is 11.5. The number of thioether (sulfide) groups is 1. The molecule has 1 aliphatic rings. The Bertz CT molecular complexity index is 772. The second-order valence-electron chi connectivity index (χ2n) is 5.57. The van der Waals surface area contributed by atoms with Crippen molar-refractivity contribution >= 4 is 55.8 Å². The third-order valence-electron chi connectivity index (χ3n) is 3.85. The van der Waals surface area contributed by atoms with E-state index in [1.54, 1.807) is 0 Å². The monoisotopic (exact) mass is 424 g/mol. The number of rotatable bonds is 5. The van der Waals surface area contributed by atoms with Crippen molar-refractivity contribution < 1.29 is 9.59 Å². The molecule has 1 aromatic heterocycles. The second-order valence-corrected chi connectivity index (χ2v) is 8.64. The number of halogens is 1. The summed E-state index contributed by atoms with van der Waals surface area (Å²) in [6.07, 6.45) is 4.02. The lowest BCUT2D eigenvalue weighted by Crippen LogP contribution is -2.19. The Labute approximate surface area is 157 Å². The molecule has 126 valence electrons. The summed E-state index contributed by atoms with van der Waals surface area (Å²) in [4.78, 5) is 26.3. The molecule has 4 nitrogen and oxygen atoms in total. The van der Waals surface area contributed by atoms with Crippen LogP contribution in [0, 0.1) is 0 Å². The van der Waals surface area contributed by atoms with E-state index < -0.39 is 5.91 Å². The molecule has 0 fully saturated rings. The molecule has 0 aliphatic heterocycles. The van der Waals surface area contributed by atoms with Gasteiger partial charge in [-0.15, -0.1) is 23.1 Å². The summed E-state index contributed by atoms with van der Waals surface area (Å²) in [5.74, 6) is -0.281. The van der Waals surface area contributed by atoms with Crippen LogP contribution in [-0.2, 0) is 17.6 Å². The lowest BCUT2D eigenvalue weighted by molar-refractivity contribution is -0.113. The number of carbonyl (C=O) groups is 2. The molecule has 7 heteroatoms. The van der Waals surface area contributed by atoms with Gasteiger partial charge in [0.1, 0.15) is 5.00 Å². The van der Waals surface area contributed by atoms with Gasteiger partial charge in [-0.3, -0.25) is 9.59 Å². The highest BCUT2D eigenvalue weighted by Gasteiger charge is 2.24. The van der Waals surface area contributed by atoms with Crippen molar-refractivity contribution in [2.75, 3.05) is 11.1 Å². The summed E-state index contributed by atoms with van der Waals surface area (Å²) >= 11 is 6.34. The smallest absolute Gasteiger partial charge is 0.251 e. The van der Waals surface area contributed by atoms with Crippen LogP contribution in [0.25, 0.3) is 0 Å². The number of nitrogens with two attached hydrogens (primary N) is 1. The third-order valence-corrected chi connectivity index (χ3v) is 6.60. The summed E-state index contributed by atoms with van der Waals surface area (Å²) in [5, 5.41) is 3.49. The number of anilines is 1. The Morgan fingerprint density at radius 3 is 2.62 bits per heavy atom. The summed E-state index contributed by atoms with van der Waals surface area (Å²) in [6.45, 7) is 0. The summed E-state index contributed by atoms with van der Waals surface area (Å²) in [7, 11) is 0. The van der Waals surface area contributed by atoms with Gasteiger partial charge in [0.15, 0.2) is 0 Å². The minimum Gasteiger partial charge on any atom is -0.365 e. The quantitative estimate of drug-likeness (QED) is 0.705. The van der Waals surface area contributed by atoms with Gasteiger partial charge in [0.25, 0.3) is 5.91 Å². The lowest BCUT2D eigenvalue weighted by atomic mass is 9.95. The van der Waals surface area contributed by atoms with Crippen LogP contribution >= 0.6 is 39.0 Å². The Kier molecular flexibility index (Phi) is 5.63. The number of primary amides is 1. The zero-order valence-corrected chi connectivity index (χ0v) is 16.2. The van der Waals surface area contributed by atoms with Crippen LogP contribution in [0.2, 0.25) is 0 Å². The number of thiophene rings is 1. The maximum absolute atomic E-state index is 12.3. The molecule has 0 spiro atoms. The number of carbonyl (C=O) groups excluding carboxylic acids is 2. The maximum Gasteiger partial charge on any atom is 0.251 e. The van der Waals surface area contributed by atoms with E-state index in [2.05, 4.69) is 21.2 Å². The zero-order chi connectivity index (χ0) is 17.1. The molecule has 1 aliphatic carbocycles. The van der Waals surface area contributed by atoms with Crippen LogP contribution in [0.3, 0.4) is 0 Å². The molecule has 1 heterocycles. The number of aryl methyl sites for hydroxylation is 1. The van der Waals surface area contributed by atoms with Crippen molar-refractivity contribution in [3.05, 3.63) is 44.7 Å². The van der Waals surface area contributed by atoms with Crippen LogP contribution in [0.4, 0.5) is 5.00 Å². The maximum atomic E-state index is 12.3. The predicted molar refractivity (Wildman–Crippen MR) is 103 cm³/mol. The summed E-state index contributed by atoms with van der Waals surface area (Å²) in [5.41, 5.74) is 7.09. The van der Waals surface area contributed by atoms with E-state index in [-0.39, 0.29) is 5.91 Å². The molecular formula is C17H17BrN2O2S2. The first-order valence-electron chi connectivity index (χ1n) is 7.67. The van der Waals surface area contributed by atoms with E-state index in [4.69, 9.17) is 5.73 Å². The minimum atomic E-state index is -0.453. The standard InChI is InChI=1S/C17H17BrN2O2S2/c18-10-5-7-11(8-6-10)23-9-14(21)20-17-15(16(19)22)12-3-1-2-4-13(12)24-17/h5-8H,1-4,9H2,(H2,19,22)(H,20,21). The van der Waals surface area contributed by atoms with E-state index in [9.17, 15) is 9.59 Å². The highest BCUT2D eigenvalue weighted by molar-refractivity contribution is 9.10. The van der Waals surface area contributed by atoms with Gasteiger partial charge < -0.3 is 11.1 Å². The van der Waals surface area contributed by atoms with Crippen LogP contribution < -0.4 is 11.1 Å². The van der Waals surface area contributed by atoms with Gasteiger partial charge in [0.05, 0.1) is 11.3 Å². The lowest BCUT2D eigenvalue weighted by Gasteiger charge is -2.11. The van der Waals surface area contributed by atoms with Gasteiger partial charge in [-0.05, 0) is 55.5 Å². The molecule has 2 amide bonds. The van der Waals surface area contributed by atoms with Crippen molar-refractivity contribution in [1.29, 1.82) is 0 Å². The average molecular weight is 425 g/mol. The average Bonchev–Trinajstić information content (AvgIpc) is 2.92. The Hall–Kier alpha value is -1.31. The Morgan fingerprint density at radius 1 is 1.21 bits per heavy atom. The van der Waals surface area contributed by atoms with Gasteiger partial charge in [0, 0.05) is 14.2 Å². The van der Waals surface area contributed by atoms with Gasteiger partial charge >= 0.3 is 0 Å². The van der Waals surface area contributed by atoms with Gasteiger partial charge in [-0.2, -0.15) is 0 Å². The first-order valence-corrected chi connectivity index (χ1v) is 10.3. The number of hydrogen-bond donors (Lipinski definition) is 2. The summed E-state index contributed by atoms with van der Waals surface area (Å²) < 4.78 is 1.01. The van der Waals surface area contributed by atoms with Gasteiger partial charge in [-0.25, -0.2) is 0 Å². The van der Waals surface area contributed by atoms with E-state index >= 15 is 0 Å². The molecule has 0 saturated heterocycles. The molecular weight excluding hydrogens is 408 g/mol. The fraction of sp³-hybridized carbons (Fsp3) is 0.294. The van der Waals surface area contributed by atoms with E-state index in [1.807, 2.05) is 24.3 Å². The molecule has 3 N–H and O–H groups in total. The van der Waals surface area contributed by atoms with Crippen molar-refractivity contribution in [2.45, 2.75) is 30.6 Å². The highest BCUT2D eigenvalue weighted by Crippen LogP contribution is 2.38. The molecule has 0 unspecified atom stereocenters. The first kappa shape index (κ1) is 17.5. The van der Waals surface area contributed by atoms with Crippen LogP contribution in [0.5, 0.6) is 0 Å². The normalized spacial score (nSPS) is 13.4. The van der Waals surface area contributed by atoms with Crippen molar-refractivity contribution in [3.8, 4) is 0 Å². The summed E-state index contributed by atoms with van der Waals surface area (Å²) in [6, 6.07) is 7.80. The van der Waals surface area contributed by atoms with Crippen LogP contribution in [0.1, 0.15) is 33.6 Å². The van der Waals surface area contributed by atoms with E-state index in [0.717, 1.165) is 40.6 Å². The Balaban J connectivity index is 1.69. The highest BCUT2D eigenvalue weighted by atomic mass is 79.9. The van der Waals surface area contributed by atoms with Crippen molar-refractivity contribution in [3.63, 3.8) is 0 Å². The SMILES string of the molecule is NC(=O)c1c(NC(=O)CSc2ccc(Br)cc2)sc2c1CCCC2. The number of amides is 2. The minimum absolute atomic E-state index is 0.121. The van der Waals surface area contributed by atoms with Crippen LogP contribution in [0.15, 0.2) is 33.6 Å². The fourth-order valence-electron chi connectivity index (χ4n) is 2.76. The zero-order valence-electron chi connectivity index (χ0n) is 12.9. The predicted octanol–water partition coefficient (Wildman–Crippen LogP) is 4.22. The Morgan fingerprint density at radius 2 is 1.92 bits per heavy atom. The number of benzene rings is 1. The fourth-order valence-corrected chi connectivity index (χ4v) is 5.03. The van der Waals surface area contributed by atoms with Crippen LogP contribution in [-0.4, -0.2) is 17.6 Å². The third kappa shape index (κ3) is 4.02. The molecule has 1 aromatic carbocycles. The van der Waals surface area contributed by atoms with E-state index in [1.165, 1.54) is 28.0 Å². The molecule has 0 atom stereocenters. The van der Waals surface area contributed by atoms with E-state index in [0.29, 0.717) is 16.3 Å². The molecule has 24 heavy (non-hydrogen) atoms. The number of nitrogens with one attached hydrogen (secondary N) is 1. The number of fused-ring (bicyclic) bond motifs is 1. The van der Waals surface area contributed by atoms with Gasteiger partial charge in [-0.1, -0.05) is 15.9 Å². The molecule has 2 aromatic rings. The molecule has 0 bridgehead atoms. The molecule has 0 radical (unpaired) electrons.